The van der Waals surface area contributed by atoms with Crippen molar-refractivity contribution < 1.29 is 9.13 Å². The van der Waals surface area contributed by atoms with Gasteiger partial charge >= 0.3 is 0 Å². The van der Waals surface area contributed by atoms with E-state index in [0.29, 0.717) is 19.3 Å². The number of hydrogen-bond acceptors (Lipinski definition) is 3. The molecule has 0 amide bonds. The Morgan fingerprint density at radius 3 is 3.00 bits per heavy atom. The Kier molecular flexibility index (Phi) is 3.71. The second-order valence-corrected chi connectivity index (χ2v) is 5.52. The van der Waals surface area contributed by atoms with E-state index in [1.165, 1.54) is 12.8 Å². The van der Waals surface area contributed by atoms with E-state index in [9.17, 15) is 4.39 Å². The quantitative estimate of drug-likeness (QED) is 0.903. The summed E-state index contributed by atoms with van der Waals surface area (Å²) in [6, 6.07) is 6.24. The lowest BCUT2D eigenvalue weighted by molar-refractivity contribution is 0.0985. The number of para-hydroxylation sites is 1. The number of hydrogen-bond donors (Lipinski definition) is 1. The number of halogens is 1. The lowest BCUT2D eigenvalue weighted by atomic mass is 10.1. The molecular formula is C15H21FN2O. The molecule has 3 rings (SSSR count). The lowest BCUT2D eigenvalue weighted by Crippen LogP contribution is -2.44. The van der Waals surface area contributed by atoms with Gasteiger partial charge in [-0.3, -0.25) is 0 Å². The summed E-state index contributed by atoms with van der Waals surface area (Å²) >= 11 is 0. The minimum Gasteiger partial charge on any atom is -0.377 e. The minimum atomic E-state index is -0.121. The Hall–Kier alpha value is -1.13. The van der Waals surface area contributed by atoms with Crippen LogP contribution in [-0.2, 0) is 11.3 Å². The van der Waals surface area contributed by atoms with Crippen LogP contribution in [0, 0.1) is 5.82 Å². The fraction of sp³-hybridized carbons (Fsp3) is 0.600. The molecular weight excluding hydrogens is 243 g/mol. The van der Waals surface area contributed by atoms with Crippen molar-refractivity contribution in [1.29, 1.82) is 0 Å². The summed E-state index contributed by atoms with van der Waals surface area (Å²) in [5, 5.41) is 3.47. The van der Waals surface area contributed by atoms with Crippen molar-refractivity contribution in [2.75, 3.05) is 24.7 Å². The number of benzene rings is 1. The molecule has 1 N–H and O–H groups in total. The number of anilines is 1. The van der Waals surface area contributed by atoms with Crippen molar-refractivity contribution >= 4 is 5.69 Å². The van der Waals surface area contributed by atoms with E-state index < -0.39 is 0 Å². The maximum absolute atomic E-state index is 14.2. The van der Waals surface area contributed by atoms with Crippen molar-refractivity contribution in [1.82, 2.24) is 5.32 Å². The lowest BCUT2D eigenvalue weighted by Gasteiger charge is -2.36. The highest BCUT2D eigenvalue weighted by molar-refractivity contribution is 5.56. The molecule has 1 aromatic rings. The number of nitrogens with one attached hydrogen (secondary N) is 1. The van der Waals surface area contributed by atoms with E-state index >= 15 is 0 Å². The van der Waals surface area contributed by atoms with E-state index in [4.69, 9.17) is 4.74 Å². The van der Waals surface area contributed by atoms with Gasteiger partial charge in [-0.05, 0) is 31.4 Å². The largest absolute Gasteiger partial charge is 0.377 e. The SMILES string of the molecule is CC1COCCN1c1c(F)cccc1CNC1CC1. The second-order valence-electron chi connectivity index (χ2n) is 5.52. The zero-order valence-corrected chi connectivity index (χ0v) is 11.4. The predicted octanol–water partition coefficient (Wildman–Crippen LogP) is 2.30. The van der Waals surface area contributed by atoms with Crippen molar-refractivity contribution in [3.05, 3.63) is 29.6 Å². The Morgan fingerprint density at radius 1 is 1.42 bits per heavy atom. The topological polar surface area (TPSA) is 24.5 Å². The van der Waals surface area contributed by atoms with Crippen LogP contribution in [0.25, 0.3) is 0 Å². The molecule has 1 heterocycles. The molecule has 3 nitrogen and oxygen atoms in total. The van der Waals surface area contributed by atoms with E-state index in [2.05, 4.69) is 17.1 Å². The van der Waals surface area contributed by atoms with Gasteiger partial charge in [0.05, 0.1) is 18.9 Å². The average molecular weight is 264 g/mol. The number of nitrogens with zero attached hydrogens (tertiary/aromatic N) is 1. The number of morpholine rings is 1. The highest BCUT2D eigenvalue weighted by atomic mass is 19.1. The minimum absolute atomic E-state index is 0.121. The normalized spacial score (nSPS) is 23.7. The standard InChI is InChI=1S/C15H21FN2O/c1-11-10-19-8-7-18(11)15-12(3-2-4-14(15)16)9-17-13-5-6-13/h2-4,11,13,17H,5-10H2,1H3. The van der Waals surface area contributed by atoms with Gasteiger partial charge in [-0.25, -0.2) is 4.39 Å². The molecule has 2 fully saturated rings. The summed E-state index contributed by atoms with van der Waals surface area (Å²) in [4.78, 5) is 2.14. The first-order chi connectivity index (χ1) is 9.25. The summed E-state index contributed by atoms with van der Waals surface area (Å²) in [5.41, 5.74) is 1.81. The van der Waals surface area contributed by atoms with Crippen LogP contribution in [-0.4, -0.2) is 31.8 Å². The molecule has 19 heavy (non-hydrogen) atoms. The molecule has 0 spiro atoms. The fourth-order valence-corrected chi connectivity index (χ4v) is 2.63. The van der Waals surface area contributed by atoms with Gasteiger partial charge in [0.25, 0.3) is 0 Å². The zero-order valence-electron chi connectivity index (χ0n) is 11.4. The maximum atomic E-state index is 14.2. The molecule has 1 unspecified atom stereocenters. The first-order valence-corrected chi connectivity index (χ1v) is 7.11. The van der Waals surface area contributed by atoms with Crippen LogP contribution in [0.2, 0.25) is 0 Å². The molecule has 2 aliphatic rings. The van der Waals surface area contributed by atoms with Crippen molar-refractivity contribution in [2.24, 2.45) is 0 Å². The molecule has 0 aromatic heterocycles. The monoisotopic (exact) mass is 264 g/mol. The maximum Gasteiger partial charge on any atom is 0.146 e. The van der Waals surface area contributed by atoms with Gasteiger partial charge in [0.15, 0.2) is 0 Å². The van der Waals surface area contributed by atoms with Gasteiger partial charge in [0.1, 0.15) is 5.82 Å². The van der Waals surface area contributed by atoms with Gasteiger partial charge in [-0.2, -0.15) is 0 Å². The van der Waals surface area contributed by atoms with Crippen LogP contribution in [0.3, 0.4) is 0 Å². The molecule has 1 saturated carbocycles. The predicted molar refractivity (Wildman–Crippen MR) is 73.9 cm³/mol. The molecule has 1 atom stereocenters. The third-order valence-electron chi connectivity index (χ3n) is 3.88. The first kappa shape index (κ1) is 12.9. The molecule has 1 aromatic carbocycles. The third kappa shape index (κ3) is 2.90. The Labute approximate surface area is 113 Å². The van der Waals surface area contributed by atoms with Crippen LogP contribution in [0.4, 0.5) is 10.1 Å². The summed E-state index contributed by atoms with van der Waals surface area (Å²) in [6.07, 6.45) is 2.50. The molecule has 0 radical (unpaired) electrons. The van der Waals surface area contributed by atoms with Gasteiger partial charge in [-0.15, -0.1) is 0 Å². The summed E-state index contributed by atoms with van der Waals surface area (Å²) in [7, 11) is 0. The Balaban J connectivity index is 1.83. The molecule has 1 aliphatic heterocycles. The smallest absolute Gasteiger partial charge is 0.146 e. The summed E-state index contributed by atoms with van der Waals surface area (Å²) < 4.78 is 19.7. The summed E-state index contributed by atoms with van der Waals surface area (Å²) in [5.74, 6) is -0.121. The highest BCUT2D eigenvalue weighted by Gasteiger charge is 2.25. The fourth-order valence-electron chi connectivity index (χ4n) is 2.63. The van der Waals surface area contributed by atoms with Crippen LogP contribution < -0.4 is 10.2 Å². The van der Waals surface area contributed by atoms with Gasteiger partial charge in [-0.1, -0.05) is 12.1 Å². The third-order valence-corrected chi connectivity index (χ3v) is 3.88. The van der Waals surface area contributed by atoms with Gasteiger partial charge in [0.2, 0.25) is 0 Å². The zero-order chi connectivity index (χ0) is 13.2. The molecule has 1 aliphatic carbocycles. The van der Waals surface area contributed by atoms with E-state index in [0.717, 1.165) is 24.3 Å². The average Bonchev–Trinajstić information content (AvgIpc) is 3.22. The molecule has 4 heteroatoms. The Bertz CT molecular complexity index is 448. The number of rotatable bonds is 4. The van der Waals surface area contributed by atoms with Crippen LogP contribution in [0.1, 0.15) is 25.3 Å². The van der Waals surface area contributed by atoms with Crippen molar-refractivity contribution in [3.8, 4) is 0 Å². The van der Waals surface area contributed by atoms with Gasteiger partial charge in [0, 0.05) is 25.2 Å². The molecule has 104 valence electrons. The summed E-state index contributed by atoms with van der Waals surface area (Å²) in [6.45, 7) is 4.95. The first-order valence-electron chi connectivity index (χ1n) is 7.11. The van der Waals surface area contributed by atoms with Gasteiger partial charge < -0.3 is 15.0 Å². The highest BCUT2D eigenvalue weighted by Crippen LogP contribution is 2.28. The molecule has 1 saturated heterocycles. The van der Waals surface area contributed by atoms with Crippen molar-refractivity contribution in [2.45, 2.75) is 38.4 Å². The van der Waals surface area contributed by atoms with E-state index in [1.807, 2.05) is 6.07 Å². The van der Waals surface area contributed by atoms with Crippen LogP contribution in [0.15, 0.2) is 18.2 Å². The van der Waals surface area contributed by atoms with E-state index in [1.54, 1.807) is 12.1 Å². The Morgan fingerprint density at radius 2 is 2.26 bits per heavy atom. The number of ether oxygens (including phenoxy) is 1. The second kappa shape index (κ2) is 5.47. The van der Waals surface area contributed by atoms with Crippen LogP contribution >= 0.6 is 0 Å². The van der Waals surface area contributed by atoms with E-state index in [-0.39, 0.29) is 11.9 Å². The molecule has 0 bridgehead atoms. The van der Waals surface area contributed by atoms with Crippen molar-refractivity contribution in [3.63, 3.8) is 0 Å². The van der Waals surface area contributed by atoms with Crippen LogP contribution in [0.5, 0.6) is 0 Å².